The molecule has 0 amide bonds. The van der Waals surface area contributed by atoms with Crippen LogP contribution >= 0.6 is 0 Å². The summed E-state index contributed by atoms with van der Waals surface area (Å²) in [7, 11) is 0. The van der Waals surface area contributed by atoms with E-state index in [2.05, 4.69) is 28.7 Å². The second-order valence-corrected chi connectivity index (χ2v) is 6.16. The van der Waals surface area contributed by atoms with Crippen LogP contribution in [-0.2, 0) is 19.4 Å². The number of rotatable bonds is 5. The molecule has 2 aromatic rings. The second-order valence-electron chi connectivity index (χ2n) is 6.16. The minimum Gasteiger partial charge on any atom is -0.478 e. The molecule has 116 valence electrons. The zero-order valence-corrected chi connectivity index (χ0v) is 12.9. The second kappa shape index (κ2) is 5.93. The highest BCUT2D eigenvalue weighted by atomic mass is 16.4. The van der Waals surface area contributed by atoms with Gasteiger partial charge >= 0.3 is 5.97 Å². The molecule has 2 N–H and O–H groups in total. The summed E-state index contributed by atoms with van der Waals surface area (Å²) in [4.78, 5) is 15.3. The Kier molecular flexibility index (Phi) is 3.98. The van der Waals surface area contributed by atoms with Gasteiger partial charge in [0.2, 0.25) is 0 Å². The summed E-state index contributed by atoms with van der Waals surface area (Å²) in [5, 5.41) is 12.6. The van der Waals surface area contributed by atoms with E-state index in [9.17, 15) is 4.79 Å². The van der Waals surface area contributed by atoms with Crippen LogP contribution in [0.5, 0.6) is 0 Å². The number of nitrogens with zero attached hydrogens (tertiary/aromatic N) is 2. The summed E-state index contributed by atoms with van der Waals surface area (Å²) in [6.45, 7) is 5.07. The van der Waals surface area contributed by atoms with Crippen LogP contribution in [0.4, 0.5) is 0 Å². The largest absolute Gasteiger partial charge is 0.478 e. The molecule has 1 unspecified atom stereocenters. The fourth-order valence-corrected chi connectivity index (χ4v) is 3.08. The molecule has 1 aromatic carbocycles. The zero-order chi connectivity index (χ0) is 15.7. The molecule has 0 fully saturated rings. The number of imidazole rings is 1. The Morgan fingerprint density at radius 2 is 2.18 bits per heavy atom. The summed E-state index contributed by atoms with van der Waals surface area (Å²) in [6.07, 6.45) is 5.60. The average molecular weight is 299 g/mol. The Bertz CT molecular complexity index is 691. The molecule has 22 heavy (non-hydrogen) atoms. The molecule has 5 heteroatoms. The topological polar surface area (TPSA) is 67.2 Å². The van der Waals surface area contributed by atoms with Crippen LogP contribution in [0.1, 0.15) is 47.1 Å². The van der Waals surface area contributed by atoms with Crippen LogP contribution in [0.3, 0.4) is 0 Å². The molecule has 1 heterocycles. The molecular weight excluding hydrogens is 278 g/mol. The van der Waals surface area contributed by atoms with E-state index in [0.29, 0.717) is 17.6 Å². The average Bonchev–Trinajstić information content (AvgIpc) is 3.10. The van der Waals surface area contributed by atoms with Gasteiger partial charge in [0.15, 0.2) is 0 Å². The van der Waals surface area contributed by atoms with Gasteiger partial charge in [-0.15, -0.1) is 0 Å². The van der Waals surface area contributed by atoms with Gasteiger partial charge in [0.1, 0.15) is 0 Å². The van der Waals surface area contributed by atoms with Crippen molar-refractivity contribution in [2.24, 2.45) is 0 Å². The Morgan fingerprint density at radius 1 is 1.41 bits per heavy atom. The lowest BCUT2D eigenvalue weighted by molar-refractivity contribution is 0.0697. The van der Waals surface area contributed by atoms with Crippen molar-refractivity contribution in [1.82, 2.24) is 14.9 Å². The van der Waals surface area contributed by atoms with Gasteiger partial charge in [-0.05, 0) is 49.9 Å². The van der Waals surface area contributed by atoms with Gasteiger partial charge in [0.25, 0.3) is 0 Å². The molecular formula is C17H21N3O2. The first kappa shape index (κ1) is 14.8. The number of benzene rings is 1. The number of nitrogens with one attached hydrogen (secondary N) is 1. The van der Waals surface area contributed by atoms with Crippen molar-refractivity contribution in [2.45, 2.75) is 45.3 Å². The number of carboxylic acid groups (broad SMARTS) is 1. The van der Waals surface area contributed by atoms with Crippen molar-refractivity contribution in [3.8, 4) is 0 Å². The van der Waals surface area contributed by atoms with E-state index in [-0.39, 0.29) is 0 Å². The van der Waals surface area contributed by atoms with Gasteiger partial charge in [0, 0.05) is 24.8 Å². The molecule has 1 atom stereocenters. The van der Waals surface area contributed by atoms with Gasteiger partial charge < -0.3 is 15.0 Å². The van der Waals surface area contributed by atoms with Gasteiger partial charge in [0.05, 0.1) is 17.6 Å². The van der Waals surface area contributed by atoms with Crippen molar-refractivity contribution >= 4 is 5.97 Å². The summed E-state index contributed by atoms with van der Waals surface area (Å²) in [5.74, 6) is -0.861. The smallest absolute Gasteiger partial charge is 0.335 e. The number of hydrogen-bond acceptors (Lipinski definition) is 3. The third-order valence-corrected chi connectivity index (χ3v) is 4.26. The molecule has 1 aliphatic rings. The third kappa shape index (κ3) is 2.90. The molecule has 3 rings (SSSR count). The van der Waals surface area contributed by atoms with E-state index >= 15 is 0 Å². The highest BCUT2D eigenvalue weighted by molar-refractivity contribution is 5.88. The maximum atomic E-state index is 11.0. The van der Waals surface area contributed by atoms with Gasteiger partial charge in [-0.1, -0.05) is 6.07 Å². The first-order valence-electron chi connectivity index (χ1n) is 7.63. The Hall–Kier alpha value is -2.14. The number of carboxylic acids is 1. The van der Waals surface area contributed by atoms with E-state index in [1.54, 1.807) is 12.1 Å². The van der Waals surface area contributed by atoms with E-state index in [1.807, 2.05) is 18.6 Å². The number of fused-ring (bicyclic) bond motifs is 1. The molecule has 5 nitrogen and oxygen atoms in total. The number of hydrogen-bond donors (Lipinski definition) is 2. The predicted octanol–water partition coefficient (Wildman–Crippen LogP) is 2.42. The molecule has 0 radical (unpaired) electrons. The van der Waals surface area contributed by atoms with E-state index in [0.717, 1.165) is 24.9 Å². The quantitative estimate of drug-likeness (QED) is 0.890. The van der Waals surface area contributed by atoms with Crippen LogP contribution < -0.4 is 5.32 Å². The fourth-order valence-electron chi connectivity index (χ4n) is 3.08. The lowest BCUT2D eigenvalue weighted by Gasteiger charge is -2.15. The highest BCUT2D eigenvalue weighted by Gasteiger charge is 2.22. The Morgan fingerprint density at radius 3 is 2.91 bits per heavy atom. The Balaban J connectivity index is 1.64. The van der Waals surface area contributed by atoms with Crippen LogP contribution in [0.15, 0.2) is 30.7 Å². The van der Waals surface area contributed by atoms with Crippen molar-refractivity contribution in [3.05, 3.63) is 53.1 Å². The van der Waals surface area contributed by atoms with E-state index < -0.39 is 5.97 Å². The molecule has 0 saturated carbocycles. The lowest BCUT2D eigenvalue weighted by atomic mass is 10.1. The minimum atomic E-state index is -0.861. The minimum absolute atomic E-state index is 0.356. The first-order chi connectivity index (χ1) is 10.5. The maximum absolute atomic E-state index is 11.0. The maximum Gasteiger partial charge on any atom is 0.335 e. The number of aromatic carboxylic acids is 1. The SMILES string of the molecule is CC(C)n1cncc1CNC1Cc2ccc(C(=O)O)cc2C1. The van der Waals surface area contributed by atoms with E-state index in [4.69, 9.17) is 5.11 Å². The van der Waals surface area contributed by atoms with Crippen LogP contribution in [-0.4, -0.2) is 26.7 Å². The first-order valence-corrected chi connectivity index (χ1v) is 7.63. The normalized spacial score (nSPS) is 17.0. The predicted molar refractivity (Wildman–Crippen MR) is 84.0 cm³/mol. The third-order valence-electron chi connectivity index (χ3n) is 4.26. The van der Waals surface area contributed by atoms with Crippen LogP contribution in [0.25, 0.3) is 0 Å². The summed E-state index contributed by atoms with van der Waals surface area (Å²) < 4.78 is 2.16. The zero-order valence-electron chi connectivity index (χ0n) is 12.9. The Labute approximate surface area is 130 Å². The van der Waals surface area contributed by atoms with Crippen molar-refractivity contribution in [2.75, 3.05) is 0 Å². The summed E-state index contributed by atoms with van der Waals surface area (Å²) >= 11 is 0. The standard InChI is InChI=1S/C17H21N3O2/c1-11(2)20-10-18-8-16(20)9-19-15-6-12-3-4-13(17(21)22)5-14(12)7-15/h3-5,8,10-11,15,19H,6-7,9H2,1-2H3,(H,21,22). The van der Waals surface area contributed by atoms with Crippen LogP contribution in [0.2, 0.25) is 0 Å². The van der Waals surface area contributed by atoms with Crippen molar-refractivity contribution < 1.29 is 9.90 Å². The van der Waals surface area contributed by atoms with Gasteiger partial charge in [-0.3, -0.25) is 0 Å². The summed E-state index contributed by atoms with van der Waals surface area (Å²) in [6, 6.07) is 6.20. The fraction of sp³-hybridized carbons (Fsp3) is 0.412. The highest BCUT2D eigenvalue weighted by Crippen LogP contribution is 2.24. The van der Waals surface area contributed by atoms with Gasteiger partial charge in [-0.25, -0.2) is 9.78 Å². The molecule has 0 bridgehead atoms. The number of aromatic nitrogens is 2. The molecule has 1 aliphatic carbocycles. The molecule has 1 aromatic heterocycles. The molecule has 0 aliphatic heterocycles. The molecule has 0 saturated heterocycles. The monoisotopic (exact) mass is 299 g/mol. The van der Waals surface area contributed by atoms with Gasteiger partial charge in [-0.2, -0.15) is 0 Å². The van der Waals surface area contributed by atoms with Crippen molar-refractivity contribution in [3.63, 3.8) is 0 Å². The van der Waals surface area contributed by atoms with E-state index in [1.165, 1.54) is 11.3 Å². The molecule has 0 spiro atoms. The summed E-state index contributed by atoms with van der Waals surface area (Å²) in [5.41, 5.74) is 3.95. The lowest BCUT2D eigenvalue weighted by Crippen LogP contribution is -2.30. The van der Waals surface area contributed by atoms with Crippen LogP contribution in [0, 0.1) is 0 Å². The number of carbonyl (C=O) groups is 1. The van der Waals surface area contributed by atoms with Crippen molar-refractivity contribution in [1.29, 1.82) is 0 Å².